The van der Waals surface area contributed by atoms with Crippen LogP contribution in [0.1, 0.15) is 22.5 Å². The zero-order valence-electron chi connectivity index (χ0n) is 11.0. The molecule has 0 aliphatic carbocycles. The third-order valence-corrected chi connectivity index (χ3v) is 4.12. The van der Waals surface area contributed by atoms with Crippen LogP contribution in [0.25, 0.3) is 0 Å². The van der Waals surface area contributed by atoms with E-state index in [0.717, 1.165) is 10.7 Å². The summed E-state index contributed by atoms with van der Waals surface area (Å²) in [6, 6.07) is 2.08. The molecular formula is C13H13N5OS. The normalized spacial score (nSPS) is 18.8. The highest BCUT2D eigenvalue weighted by atomic mass is 32.1. The number of nitriles is 1. The summed E-state index contributed by atoms with van der Waals surface area (Å²) in [7, 11) is 0. The maximum Gasteiger partial charge on any atom is 0.183 e. The van der Waals surface area contributed by atoms with Gasteiger partial charge in [-0.15, -0.1) is 11.3 Å². The lowest BCUT2D eigenvalue weighted by Crippen LogP contribution is -2.39. The highest BCUT2D eigenvalue weighted by Crippen LogP contribution is 2.27. The molecule has 1 aliphatic rings. The number of hydrogen-bond acceptors (Lipinski definition) is 7. The van der Waals surface area contributed by atoms with Gasteiger partial charge in [-0.1, -0.05) is 0 Å². The molecule has 2 aromatic rings. The van der Waals surface area contributed by atoms with E-state index in [1.54, 1.807) is 17.5 Å². The van der Waals surface area contributed by atoms with Gasteiger partial charge in [0.2, 0.25) is 0 Å². The van der Waals surface area contributed by atoms with Crippen molar-refractivity contribution in [3.05, 3.63) is 34.2 Å². The van der Waals surface area contributed by atoms with E-state index in [4.69, 9.17) is 10.00 Å². The Morgan fingerprint density at radius 2 is 2.30 bits per heavy atom. The summed E-state index contributed by atoms with van der Waals surface area (Å²) >= 11 is 1.60. The minimum Gasteiger partial charge on any atom is -0.367 e. The van der Waals surface area contributed by atoms with Gasteiger partial charge in [0.1, 0.15) is 17.2 Å². The van der Waals surface area contributed by atoms with E-state index in [2.05, 4.69) is 21.0 Å². The summed E-state index contributed by atoms with van der Waals surface area (Å²) in [6.07, 6.45) is 3.06. The molecule has 0 saturated carbocycles. The Labute approximate surface area is 120 Å². The van der Waals surface area contributed by atoms with Crippen molar-refractivity contribution in [2.45, 2.75) is 13.0 Å². The number of ether oxygens (including phenoxy) is 1. The average molecular weight is 287 g/mol. The second-order valence-corrected chi connectivity index (χ2v) is 5.36. The van der Waals surface area contributed by atoms with Gasteiger partial charge >= 0.3 is 0 Å². The molecule has 0 radical (unpaired) electrons. The van der Waals surface area contributed by atoms with Crippen LogP contribution in [0.5, 0.6) is 0 Å². The number of nitrogens with zero attached hydrogens (tertiary/aromatic N) is 5. The lowest BCUT2D eigenvalue weighted by atomic mass is 10.2. The van der Waals surface area contributed by atoms with Crippen LogP contribution in [0, 0.1) is 18.3 Å². The van der Waals surface area contributed by atoms with Crippen LogP contribution in [0.2, 0.25) is 0 Å². The Hall–Kier alpha value is -2.04. The molecular weight excluding hydrogens is 274 g/mol. The summed E-state index contributed by atoms with van der Waals surface area (Å²) < 4.78 is 5.78. The zero-order valence-corrected chi connectivity index (χ0v) is 11.8. The van der Waals surface area contributed by atoms with E-state index in [1.165, 1.54) is 6.20 Å². The molecule has 1 aliphatic heterocycles. The number of thiazole rings is 1. The summed E-state index contributed by atoms with van der Waals surface area (Å²) in [6.45, 7) is 3.90. The van der Waals surface area contributed by atoms with Crippen molar-refractivity contribution in [3.63, 3.8) is 0 Å². The minimum atomic E-state index is -0.0731. The van der Waals surface area contributed by atoms with Gasteiger partial charge in [0, 0.05) is 30.0 Å². The molecule has 102 valence electrons. The van der Waals surface area contributed by atoms with Crippen LogP contribution >= 0.6 is 11.3 Å². The van der Waals surface area contributed by atoms with Crippen molar-refractivity contribution in [1.82, 2.24) is 15.0 Å². The van der Waals surface area contributed by atoms with Crippen molar-refractivity contribution in [3.8, 4) is 6.07 Å². The number of anilines is 1. The van der Waals surface area contributed by atoms with E-state index in [0.29, 0.717) is 31.2 Å². The van der Waals surface area contributed by atoms with Crippen LogP contribution in [-0.4, -0.2) is 34.6 Å². The van der Waals surface area contributed by atoms with Gasteiger partial charge in [0.25, 0.3) is 0 Å². The van der Waals surface area contributed by atoms with Gasteiger partial charge in [0.15, 0.2) is 11.5 Å². The first-order valence-electron chi connectivity index (χ1n) is 6.27. The summed E-state index contributed by atoms with van der Waals surface area (Å²) in [4.78, 5) is 14.8. The van der Waals surface area contributed by atoms with E-state index in [9.17, 15) is 0 Å². The third-order valence-electron chi connectivity index (χ3n) is 3.06. The fourth-order valence-electron chi connectivity index (χ4n) is 2.15. The molecule has 0 N–H and O–H groups in total. The van der Waals surface area contributed by atoms with Gasteiger partial charge in [-0.3, -0.25) is 0 Å². The monoisotopic (exact) mass is 287 g/mol. The first-order chi connectivity index (χ1) is 9.78. The van der Waals surface area contributed by atoms with Crippen molar-refractivity contribution < 1.29 is 4.74 Å². The first-order valence-corrected chi connectivity index (χ1v) is 7.15. The largest absolute Gasteiger partial charge is 0.367 e. The van der Waals surface area contributed by atoms with Crippen molar-refractivity contribution in [2.75, 3.05) is 24.6 Å². The van der Waals surface area contributed by atoms with Crippen LogP contribution in [-0.2, 0) is 4.74 Å². The van der Waals surface area contributed by atoms with Gasteiger partial charge in [0.05, 0.1) is 13.2 Å². The molecule has 0 aromatic carbocycles. The Bertz CT molecular complexity index is 650. The molecule has 0 bridgehead atoms. The van der Waals surface area contributed by atoms with E-state index >= 15 is 0 Å². The molecule has 3 heterocycles. The quantitative estimate of drug-likeness (QED) is 0.836. The van der Waals surface area contributed by atoms with Crippen molar-refractivity contribution in [2.24, 2.45) is 0 Å². The SMILES string of the molecule is Cc1csc(C2CN(c3nccnc3C#N)CCO2)n1. The van der Waals surface area contributed by atoms with Crippen LogP contribution in [0.3, 0.4) is 0 Å². The van der Waals surface area contributed by atoms with E-state index < -0.39 is 0 Å². The number of aromatic nitrogens is 3. The number of rotatable bonds is 2. The topological polar surface area (TPSA) is 74.9 Å². The molecule has 20 heavy (non-hydrogen) atoms. The molecule has 1 atom stereocenters. The Kier molecular flexibility index (Phi) is 3.58. The first kappa shape index (κ1) is 13.0. The second-order valence-electron chi connectivity index (χ2n) is 4.47. The summed E-state index contributed by atoms with van der Waals surface area (Å²) in [5.74, 6) is 0.622. The highest BCUT2D eigenvalue weighted by Gasteiger charge is 2.26. The van der Waals surface area contributed by atoms with Crippen molar-refractivity contribution >= 4 is 17.2 Å². The molecule has 1 unspecified atom stereocenters. The fourth-order valence-corrected chi connectivity index (χ4v) is 2.99. The van der Waals surface area contributed by atoms with Gasteiger partial charge < -0.3 is 9.64 Å². The molecule has 3 rings (SSSR count). The lowest BCUT2D eigenvalue weighted by Gasteiger charge is -2.32. The zero-order chi connectivity index (χ0) is 13.9. The molecule has 0 spiro atoms. The van der Waals surface area contributed by atoms with E-state index in [1.807, 2.05) is 17.2 Å². The number of hydrogen-bond donors (Lipinski definition) is 0. The van der Waals surface area contributed by atoms with Crippen molar-refractivity contribution in [1.29, 1.82) is 5.26 Å². The molecule has 2 aromatic heterocycles. The molecule has 7 heteroatoms. The van der Waals surface area contributed by atoms with E-state index in [-0.39, 0.29) is 6.10 Å². The molecule has 1 fully saturated rings. The lowest BCUT2D eigenvalue weighted by molar-refractivity contribution is 0.0392. The van der Waals surface area contributed by atoms with Gasteiger partial charge in [-0.05, 0) is 6.92 Å². The molecule has 6 nitrogen and oxygen atoms in total. The average Bonchev–Trinajstić information content (AvgIpc) is 2.94. The minimum absolute atomic E-state index is 0.0731. The van der Waals surface area contributed by atoms with Crippen LogP contribution in [0.4, 0.5) is 5.82 Å². The Morgan fingerprint density at radius 1 is 1.45 bits per heavy atom. The van der Waals surface area contributed by atoms with Crippen LogP contribution < -0.4 is 4.90 Å². The molecule has 1 saturated heterocycles. The van der Waals surface area contributed by atoms with Gasteiger partial charge in [-0.2, -0.15) is 5.26 Å². The summed E-state index contributed by atoms with van der Waals surface area (Å²) in [5.41, 5.74) is 1.35. The Morgan fingerprint density at radius 3 is 3.05 bits per heavy atom. The maximum atomic E-state index is 9.11. The highest BCUT2D eigenvalue weighted by molar-refractivity contribution is 7.09. The maximum absolute atomic E-state index is 9.11. The number of morpholine rings is 1. The van der Waals surface area contributed by atoms with Crippen LogP contribution in [0.15, 0.2) is 17.8 Å². The predicted molar refractivity (Wildman–Crippen MR) is 74.5 cm³/mol. The van der Waals surface area contributed by atoms with Gasteiger partial charge in [-0.25, -0.2) is 15.0 Å². The fraction of sp³-hybridized carbons (Fsp3) is 0.385. The second kappa shape index (κ2) is 5.53. The Balaban J connectivity index is 1.83. The third kappa shape index (κ3) is 2.48. The molecule has 0 amide bonds. The smallest absolute Gasteiger partial charge is 0.183 e. The summed E-state index contributed by atoms with van der Waals surface area (Å²) in [5, 5.41) is 12.1. The standard InChI is InChI=1S/C13H13N5OS/c1-9-8-20-13(17-9)11-7-18(4-5-19-11)12-10(6-14)15-2-3-16-12/h2-3,8,11H,4-5,7H2,1H3. The number of aryl methyl sites for hydroxylation is 1. The predicted octanol–water partition coefficient (Wildman–Crippen LogP) is 1.69.